The zero-order valence-electron chi connectivity index (χ0n) is 15.5. The number of nitrogens with one attached hydrogen (secondary N) is 1. The van der Waals surface area contributed by atoms with Gasteiger partial charge in [0.1, 0.15) is 11.8 Å². The molecule has 29 heavy (non-hydrogen) atoms. The minimum Gasteiger partial charge on any atom is -0.508 e. The van der Waals surface area contributed by atoms with Crippen molar-refractivity contribution >= 4 is 35.2 Å². The van der Waals surface area contributed by atoms with Gasteiger partial charge in [0.05, 0.1) is 5.57 Å². The van der Waals surface area contributed by atoms with Crippen molar-refractivity contribution in [2.75, 3.05) is 5.32 Å². The van der Waals surface area contributed by atoms with Crippen LogP contribution in [0, 0.1) is 0 Å². The Morgan fingerprint density at radius 2 is 2.10 bits per heavy atom. The van der Waals surface area contributed by atoms with Gasteiger partial charge < -0.3 is 16.2 Å². The van der Waals surface area contributed by atoms with Crippen LogP contribution >= 0.6 is 23.4 Å². The predicted molar refractivity (Wildman–Crippen MR) is 113 cm³/mol. The molecule has 4 rings (SSSR count). The summed E-state index contributed by atoms with van der Waals surface area (Å²) in [6.07, 6.45) is 0. The second kappa shape index (κ2) is 7.81. The fourth-order valence-corrected chi connectivity index (χ4v) is 4.39. The van der Waals surface area contributed by atoms with E-state index in [-0.39, 0.29) is 5.75 Å². The number of aromatic nitrogens is 3. The van der Waals surface area contributed by atoms with Gasteiger partial charge in [-0.1, -0.05) is 53.7 Å². The van der Waals surface area contributed by atoms with Gasteiger partial charge in [0, 0.05) is 16.5 Å². The normalized spacial score (nSPS) is 15.7. The lowest BCUT2D eigenvalue weighted by Gasteiger charge is -2.27. The van der Waals surface area contributed by atoms with E-state index in [1.165, 1.54) is 11.8 Å². The van der Waals surface area contributed by atoms with Crippen molar-refractivity contribution in [2.45, 2.75) is 23.9 Å². The van der Waals surface area contributed by atoms with Crippen molar-refractivity contribution in [1.29, 1.82) is 0 Å². The molecule has 0 saturated carbocycles. The number of phenolic OH excluding ortho intramolecular Hbond substituents is 1. The van der Waals surface area contributed by atoms with Crippen LogP contribution in [0.2, 0.25) is 5.02 Å². The molecule has 0 aliphatic carbocycles. The van der Waals surface area contributed by atoms with Crippen LogP contribution in [-0.2, 0) is 10.5 Å². The second-order valence-electron chi connectivity index (χ2n) is 6.57. The Morgan fingerprint density at radius 3 is 2.83 bits per heavy atom. The summed E-state index contributed by atoms with van der Waals surface area (Å²) in [6, 6.07) is 13.7. The molecular weight excluding hydrogens is 410 g/mol. The number of anilines is 1. The highest BCUT2D eigenvalue weighted by atomic mass is 35.5. The van der Waals surface area contributed by atoms with Gasteiger partial charge >= 0.3 is 0 Å². The summed E-state index contributed by atoms with van der Waals surface area (Å²) in [6.45, 7) is 1.77. The maximum atomic E-state index is 12.2. The van der Waals surface area contributed by atoms with Crippen molar-refractivity contribution in [2.24, 2.45) is 5.73 Å². The molecule has 9 heteroatoms. The van der Waals surface area contributed by atoms with Gasteiger partial charge in [0.25, 0.3) is 0 Å². The molecule has 3 aromatic rings. The maximum Gasteiger partial charge on any atom is 0.248 e. The van der Waals surface area contributed by atoms with Crippen molar-refractivity contribution in [1.82, 2.24) is 14.8 Å². The Bertz CT molecular complexity index is 1130. The number of hydrogen-bond acceptors (Lipinski definition) is 6. The lowest BCUT2D eigenvalue weighted by molar-refractivity contribution is -0.115. The van der Waals surface area contributed by atoms with E-state index in [1.807, 2.05) is 30.3 Å². The van der Waals surface area contributed by atoms with Crippen LogP contribution in [0.5, 0.6) is 5.75 Å². The highest BCUT2D eigenvalue weighted by Crippen LogP contribution is 2.37. The predicted octanol–water partition coefficient (Wildman–Crippen LogP) is 3.70. The van der Waals surface area contributed by atoms with Crippen LogP contribution in [0.15, 0.2) is 65.0 Å². The molecule has 0 unspecified atom stereocenters. The molecule has 1 amide bonds. The summed E-state index contributed by atoms with van der Waals surface area (Å²) >= 11 is 7.67. The van der Waals surface area contributed by atoms with Crippen LogP contribution < -0.4 is 11.1 Å². The number of carbonyl (C=O) groups excluding carboxylic acids is 1. The summed E-state index contributed by atoms with van der Waals surface area (Å²) in [4.78, 5) is 16.7. The van der Waals surface area contributed by atoms with E-state index >= 15 is 0 Å². The highest BCUT2D eigenvalue weighted by Gasteiger charge is 2.33. The first-order valence-corrected chi connectivity index (χ1v) is 10.2. The Kier molecular flexibility index (Phi) is 5.21. The lowest BCUT2D eigenvalue weighted by atomic mass is 9.95. The minimum absolute atomic E-state index is 0.0949. The molecule has 0 saturated heterocycles. The number of thioether (sulfide) groups is 1. The van der Waals surface area contributed by atoms with Crippen molar-refractivity contribution in [3.05, 3.63) is 76.0 Å². The number of primary amides is 1. The van der Waals surface area contributed by atoms with Crippen molar-refractivity contribution in [3.63, 3.8) is 0 Å². The van der Waals surface area contributed by atoms with Gasteiger partial charge in [0.2, 0.25) is 17.0 Å². The third-order valence-corrected chi connectivity index (χ3v) is 5.85. The lowest BCUT2D eigenvalue weighted by Crippen LogP contribution is -2.31. The summed E-state index contributed by atoms with van der Waals surface area (Å²) in [5.41, 5.74) is 8.31. The number of carbonyl (C=O) groups is 1. The number of allylic oxidation sites excluding steroid dienone is 1. The molecule has 0 spiro atoms. The van der Waals surface area contributed by atoms with E-state index in [0.29, 0.717) is 38.7 Å². The Labute approximate surface area is 176 Å². The fraction of sp³-hybridized carbons (Fsp3) is 0.150. The molecule has 148 valence electrons. The van der Waals surface area contributed by atoms with E-state index in [1.54, 1.807) is 29.8 Å². The number of rotatable bonds is 5. The number of fused-ring (bicyclic) bond motifs is 1. The molecular formula is C20H18ClN5O2S. The quantitative estimate of drug-likeness (QED) is 0.536. The largest absolute Gasteiger partial charge is 0.508 e. The molecule has 0 radical (unpaired) electrons. The Morgan fingerprint density at radius 1 is 1.31 bits per heavy atom. The van der Waals surface area contributed by atoms with Crippen LogP contribution in [-0.4, -0.2) is 25.8 Å². The molecule has 1 aliphatic rings. The van der Waals surface area contributed by atoms with Crippen LogP contribution in [0.4, 0.5) is 5.95 Å². The van der Waals surface area contributed by atoms with Gasteiger partial charge in [0.15, 0.2) is 0 Å². The molecule has 0 bridgehead atoms. The third kappa shape index (κ3) is 3.81. The monoisotopic (exact) mass is 427 g/mol. The van der Waals surface area contributed by atoms with Gasteiger partial charge in [-0.05, 0) is 36.2 Å². The minimum atomic E-state index is -0.585. The van der Waals surface area contributed by atoms with Gasteiger partial charge in [-0.15, -0.1) is 5.10 Å². The standard InChI is InChI=1S/C20H18ClN5O2S/c1-11-16(18(22)28)17(12-6-4-7-14(27)9-12)26-19(23-11)24-20(25-26)29-10-13-5-2-3-8-15(13)21/h2-9,17,27H,10H2,1H3,(H2,22,28)(H,23,24,25)/t17-/m0/s1. The Balaban J connectivity index is 1.70. The number of aromatic hydroxyl groups is 1. The first-order valence-electron chi connectivity index (χ1n) is 8.83. The number of nitrogens with zero attached hydrogens (tertiary/aromatic N) is 3. The van der Waals surface area contributed by atoms with Crippen LogP contribution in [0.25, 0.3) is 0 Å². The number of benzene rings is 2. The van der Waals surface area contributed by atoms with E-state index in [2.05, 4.69) is 15.4 Å². The molecule has 1 aromatic heterocycles. The Hall–Kier alpha value is -2.97. The number of phenols is 1. The molecule has 0 fully saturated rings. The topological polar surface area (TPSA) is 106 Å². The zero-order chi connectivity index (χ0) is 20.5. The number of halogens is 1. The molecule has 2 heterocycles. The zero-order valence-corrected chi connectivity index (χ0v) is 17.0. The summed E-state index contributed by atoms with van der Waals surface area (Å²) in [7, 11) is 0. The highest BCUT2D eigenvalue weighted by molar-refractivity contribution is 7.98. The molecule has 7 nitrogen and oxygen atoms in total. The average Bonchev–Trinajstić information content (AvgIpc) is 3.08. The third-order valence-electron chi connectivity index (χ3n) is 4.60. The van der Waals surface area contributed by atoms with E-state index in [4.69, 9.17) is 17.3 Å². The van der Waals surface area contributed by atoms with Gasteiger partial charge in [-0.2, -0.15) is 4.98 Å². The molecule has 4 N–H and O–H groups in total. The smallest absolute Gasteiger partial charge is 0.248 e. The molecule has 1 atom stereocenters. The van der Waals surface area contributed by atoms with E-state index < -0.39 is 11.9 Å². The van der Waals surface area contributed by atoms with Crippen molar-refractivity contribution < 1.29 is 9.90 Å². The second-order valence-corrected chi connectivity index (χ2v) is 7.92. The summed E-state index contributed by atoms with van der Waals surface area (Å²) < 4.78 is 1.62. The van der Waals surface area contributed by atoms with Gasteiger partial charge in [-0.25, -0.2) is 4.68 Å². The molecule has 2 aromatic carbocycles. The summed E-state index contributed by atoms with van der Waals surface area (Å²) in [5, 5.41) is 18.8. The maximum absolute atomic E-state index is 12.2. The van der Waals surface area contributed by atoms with E-state index in [0.717, 1.165) is 5.56 Å². The number of hydrogen-bond donors (Lipinski definition) is 3. The average molecular weight is 428 g/mol. The van der Waals surface area contributed by atoms with Crippen molar-refractivity contribution in [3.8, 4) is 5.75 Å². The van der Waals surface area contributed by atoms with Crippen LogP contribution in [0.1, 0.15) is 24.1 Å². The van der Waals surface area contributed by atoms with E-state index in [9.17, 15) is 9.90 Å². The van der Waals surface area contributed by atoms with Crippen LogP contribution in [0.3, 0.4) is 0 Å². The number of amides is 1. The van der Waals surface area contributed by atoms with Gasteiger partial charge in [-0.3, -0.25) is 4.79 Å². The fourth-order valence-electron chi connectivity index (χ4n) is 3.27. The SMILES string of the molecule is CC1=C(C(N)=O)[C@H](c2cccc(O)c2)n2nc(SCc3ccccc3Cl)nc2N1. The first kappa shape index (κ1) is 19.4. The number of nitrogens with two attached hydrogens (primary N) is 1. The summed E-state index contributed by atoms with van der Waals surface area (Å²) in [5.74, 6) is 0.643. The molecule has 1 aliphatic heterocycles. The first-order chi connectivity index (χ1) is 13.9.